The second kappa shape index (κ2) is 25.1. The van der Waals surface area contributed by atoms with Crippen molar-refractivity contribution in [3.8, 4) is 0 Å². The second-order valence-corrected chi connectivity index (χ2v) is 16.5. The number of carbonyl (C=O) groups is 8. The maximum absolute atomic E-state index is 13.8. The molecular formula is C39H72N8O9. The first kappa shape index (κ1) is 51.7. The Hall–Kier alpha value is -4.28. The Morgan fingerprint density at radius 3 is 1.41 bits per heavy atom. The van der Waals surface area contributed by atoms with E-state index < -0.39 is 108 Å². The first-order chi connectivity index (χ1) is 25.9. The molecule has 7 amide bonds. The van der Waals surface area contributed by atoms with Crippen molar-refractivity contribution in [3.05, 3.63) is 0 Å². The monoisotopic (exact) mass is 797 g/mol. The van der Waals surface area contributed by atoms with E-state index in [1.807, 2.05) is 48.5 Å². The Balaban J connectivity index is 5.85. The standard InChI is InChI=1S/C39H72N8O9/c1-14-23(11)29(40)35(51)45-30(21(7)8)36(52)41-18-28(48)43-26(16-19(3)4)34(50)47-32(24(12)15-2)38(54)46-31(22(9)10)37(53)42-25(13)33(49)44-27(39(55)56)17-20(5)6/h19-27,29-32H,14-18,40H2,1-13H3,(H,41,52)(H,42,53)(H,43,48)(H,44,49)(H,45,51)(H,46,54)(H,47,50)(H,55,56)/t23-,24-,25-,26-,27-,29-,30-,31-,32-/m0/s1. The van der Waals surface area contributed by atoms with Gasteiger partial charge in [-0.05, 0) is 55.3 Å². The maximum atomic E-state index is 13.8. The first-order valence-corrected chi connectivity index (χ1v) is 19.9. The molecule has 0 spiro atoms. The van der Waals surface area contributed by atoms with Crippen molar-refractivity contribution >= 4 is 47.3 Å². The van der Waals surface area contributed by atoms with Gasteiger partial charge in [-0.3, -0.25) is 33.6 Å². The molecule has 17 nitrogen and oxygen atoms in total. The zero-order valence-electron chi connectivity index (χ0n) is 35.8. The van der Waals surface area contributed by atoms with Crippen LogP contribution in [0.5, 0.6) is 0 Å². The van der Waals surface area contributed by atoms with E-state index in [9.17, 15) is 43.5 Å². The van der Waals surface area contributed by atoms with Gasteiger partial charge in [-0.1, -0.05) is 95.9 Å². The molecule has 0 radical (unpaired) electrons. The SMILES string of the molecule is CC[C@H](C)[C@H](N)C(=O)N[C@H](C(=O)NCC(=O)N[C@@H](CC(C)C)C(=O)N[C@H](C(=O)N[C@H](C(=O)N[C@@H](C)C(=O)N[C@@H](CC(C)C)C(=O)O)C(C)C)[C@@H](C)CC)C(C)C. The smallest absolute Gasteiger partial charge is 0.326 e. The highest BCUT2D eigenvalue weighted by molar-refractivity contribution is 5.97. The molecule has 10 N–H and O–H groups in total. The highest BCUT2D eigenvalue weighted by Gasteiger charge is 2.35. The lowest BCUT2D eigenvalue weighted by Gasteiger charge is -2.30. The number of carboxylic acids is 1. The molecule has 0 heterocycles. The molecule has 0 aliphatic carbocycles. The van der Waals surface area contributed by atoms with Gasteiger partial charge >= 0.3 is 5.97 Å². The van der Waals surface area contributed by atoms with Crippen LogP contribution in [0.2, 0.25) is 0 Å². The lowest BCUT2D eigenvalue weighted by atomic mass is 9.95. The summed E-state index contributed by atoms with van der Waals surface area (Å²) in [7, 11) is 0. The van der Waals surface area contributed by atoms with E-state index in [0.717, 1.165) is 0 Å². The Bertz CT molecular complexity index is 1340. The summed E-state index contributed by atoms with van der Waals surface area (Å²) in [6.45, 7) is 22.5. The van der Waals surface area contributed by atoms with Crippen LogP contribution in [0.15, 0.2) is 0 Å². The van der Waals surface area contributed by atoms with Crippen LogP contribution in [0.4, 0.5) is 0 Å². The van der Waals surface area contributed by atoms with Crippen molar-refractivity contribution in [2.24, 2.45) is 41.2 Å². The number of hydrogen-bond donors (Lipinski definition) is 9. The largest absolute Gasteiger partial charge is 0.480 e. The topological polar surface area (TPSA) is 267 Å². The van der Waals surface area contributed by atoms with Gasteiger partial charge in [-0.25, -0.2) is 4.79 Å². The van der Waals surface area contributed by atoms with Crippen LogP contribution >= 0.6 is 0 Å². The molecular weight excluding hydrogens is 724 g/mol. The van der Waals surface area contributed by atoms with Gasteiger partial charge in [0.1, 0.15) is 36.3 Å². The number of amides is 7. The summed E-state index contributed by atoms with van der Waals surface area (Å²) in [6, 6.07) is -7.33. The van der Waals surface area contributed by atoms with Gasteiger partial charge in [0.05, 0.1) is 12.6 Å². The highest BCUT2D eigenvalue weighted by atomic mass is 16.4. The highest BCUT2D eigenvalue weighted by Crippen LogP contribution is 2.13. The number of aliphatic carboxylic acids is 1. The Labute approximate surface area is 333 Å². The molecule has 0 fully saturated rings. The fraction of sp³-hybridized carbons (Fsp3) is 0.795. The Kier molecular flexibility index (Phi) is 23.2. The van der Waals surface area contributed by atoms with Crippen molar-refractivity contribution in [1.82, 2.24) is 37.2 Å². The molecule has 0 saturated heterocycles. The normalized spacial score (nSPS) is 16.3. The van der Waals surface area contributed by atoms with Crippen LogP contribution in [-0.4, -0.2) is 101 Å². The number of hydrogen-bond acceptors (Lipinski definition) is 9. The minimum Gasteiger partial charge on any atom is -0.480 e. The maximum Gasteiger partial charge on any atom is 0.326 e. The summed E-state index contributed by atoms with van der Waals surface area (Å²) in [5, 5.41) is 27.8. The van der Waals surface area contributed by atoms with Crippen LogP contribution < -0.4 is 43.0 Å². The number of nitrogens with one attached hydrogen (secondary N) is 7. The van der Waals surface area contributed by atoms with Gasteiger partial charge in [-0.15, -0.1) is 0 Å². The summed E-state index contributed by atoms with van der Waals surface area (Å²) in [5.74, 6) is -6.93. The zero-order chi connectivity index (χ0) is 43.6. The summed E-state index contributed by atoms with van der Waals surface area (Å²) in [5.41, 5.74) is 6.04. The molecule has 322 valence electrons. The van der Waals surface area contributed by atoms with Crippen LogP contribution in [-0.2, 0) is 38.4 Å². The van der Waals surface area contributed by atoms with Gasteiger partial charge in [0.25, 0.3) is 0 Å². The predicted molar refractivity (Wildman–Crippen MR) is 213 cm³/mol. The fourth-order valence-corrected chi connectivity index (χ4v) is 5.61. The van der Waals surface area contributed by atoms with Crippen LogP contribution in [0.3, 0.4) is 0 Å². The number of rotatable bonds is 25. The second-order valence-electron chi connectivity index (χ2n) is 16.5. The third-order valence-corrected chi connectivity index (χ3v) is 9.70. The average molecular weight is 797 g/mol. The fourth-order valence-electron chi connectivity index (χ4n) is 5.61. The molecule has 0 aromatic carbocycles. The van der Waals surface area contributed by atoms with Crippen molar-refractivity contribution in [1.29, 1.82) is 0 Å². The van der Waals surface area contributed by atoms with Gasteiger partial charge in [0, 0.05) is 0 Å². The van der Waals surface area contributed by atoms with Crippen molar-refractivity contribution in [2.45, 2.75) is 158 Å². The third-order valence-electron chi connectivity index (χ3n) is 9.70. The van der Waals surface area contributed by atoms with Crippen LogP contribution in [0, 0.1) is 35.5 Å². The molecule has 0 saturated carbocycles. The lowest BCUT2D eigenvalue weighted by molar-refractivity contribution is -0.142. The average Bonchev–Trinajstić information content (AvgIpc) is 3.10. The molecule has 0 bridgehead atoms. The van der Waals surface area contributed by atoms with Crippen molar-refractivity contribution < 1.29 is 43.5 Å². The molecule has 56 heavy (non-hydrogen) atoms. The summed E-state index contributed by atoms with van der Waals surface area (Å²) in [6.07, 6.45) is 1.55. The summed E-state index contributed by atoms with van der Waals surface area (Å²) < 4.78 is 0. The Morgan fingerprint density at radius 2 is 0.946 bits per heavy atom. The van der Waals surface area contributed by atoms with Gasteiger partial charge in [0.15, 0.2) is 0 Å². The summed E-state index contributed by atoms with van der Waals surface area (Å²) >= 11 is 0. The van der Waals surface area contributed by atoms with E-state index in [-0.39, 0.29) is 36.5 Å². The van der Waals surface area contributed by atoms with Crippen LogP contribution in [0.1, 0.15) is 116 Å². The number of nitrogens with two attached hydrogens (primary N) is 1. The summed E-state index contributed by atoms with van der Waals surface area (Å²) in [4.78, 5) is 104. The van der Waals surface area contributed by atoms with Crippen molar-refractivity contribution in [2.75, 3.05) is 6.54 Å². The van der Waals surface area contributed by atoms with E-state index >= 15 is 0 Å². The minimum atomic E-state index is -1.20. The molecule has 9 atom stereocenters. The lowest BCUT2D eigenvalue weighted by Crippen LogP contribution is -2.61. The molecule has 0 aromatic heterocycles. The van der Waals surface area contributed by atoms with Crippen molar-refractivity contribution in [3.63, 3.8) is 0 Å². The minimum absolute atomic E-state index is 0.00508. The Morgan fingerprint density at radius 1 is 0.500 bits per heavy atom. The molecule has 0 aliphatic rings. The van der Waals surface area contributed by atoms with E-state index in [1.165, 1.54) is 6.92 Å². The number of carboxylic acid groups (broad SMARTS) is 1. The first-order valence-electron chi connectivity index (χ1n) is 19.9. The predicted octanol–water partition coefficient (Wildman–Crippen LogP) is 0.940. The van der Waals surface area contributed by atoms with Gasteiger partial charge < -0.3 is 48.1 Å². The molecule has 0 unspecified atom stereocenters. The van der Waals surface area contributed by atoms with Crippen LogP contribution in [0.25, 0.3) is 0 Å². The zero-order valence-corrected chi connectivity index (χ0v) is 35.8. The molecule has 17 heteroatoms. The third kappa shape index (κ3) is 18.1. The van der Waals surface area contributed by atoms with E-state index in [2.05, 4.69) is 37.2 Å². The van der Waals surface area contributed by atoms with Gasteiger partial charge in [0.2, 0.25) is 41.4 Å². The number of carbonyl (C=O) groups excluding carboxylic acids is 7. The quantitative estimate of drug-likeness (QED) is 0.0631. The van der Waals surface area contributed by atoms with E-state index in [4.69, 9.17) is 5.73 Å². The van der Waals surface area contributed by atoms with Gasteiger partial charge in [-0.2, -0.15) is 0 Å². The van der Waals surface area contributed by atoms with E-state index in [1.54, 1.807) is 34.6 Å². The molecule has 0 aromatic rings. The molecule has 0 aliphatic heterocycles. The molecule has 0 rings (SSSR count). The van der Waals surface area contributed by atoms with E-state index in [0.29, 0.717) is 12.8 Å².